The molecule has 0 unspecified atom stereocenters. The van der Waals surface area contributed by atoms with Gasteiger partial charge in [0.1, 0.15) is 30.2 Å². The van der Waals surface area contributed by atoms with E-state index in [1.807, 2.05) is 43.5 Å². The molecule has 1 aliphatic heterocycles. The van der Waals surface area contributed by atoms with Gasteiger partial charge in [0.2, 0.25) is 0 Å². The molecule has 1 aliphatic rings. The molecule has 0 amide bonds. The maximum atomic E-state index is 13.6. The topological polar surface area (TPSA) is 95.1 Å². The van der Waals surface area contributed by atoms with Crippen LogP contribution in [0.1, 0.15) is 22.9 Å². The summed E-state index contributed by atoms with van der Waals surface area (Å²) >= 11 is 6.62. The van der Waals surface area contributed by atoms with Crippen molar-refractivity contribution in [3.05, 3.63) is 82.3 Å². The lowest BCUT2D eigenvalue weighted by Crippen LogP contribution is -2.56. The summed E-state index contributed by atoms with van der Waals surface area (Å²) in [5.74, 6) is -0.287. The van der Waals surface area contributed by atoms with Crippen LogP contribution in [0.2, 0.25) is 5.02 Å². The highest BCUT2D eigenvalue weighted by atomic mass is 35.5. The normalized spacial score (nSPS) is 25.3. The Hall–Kier alpha value is -2.52. The highest BCUT2D eigenvalue weighted by molar-refractivity contribution is 6.35. The highest BCUT2D eigenvalue weighted by Crippen LogP contribution is 2.38. The second-order valence-electron chi connectivity index (χ2n) is 8.87. The number of hydrogen-bond acceptors (Lipinski definition) is 5. The number of rotatable bonds is 4. The van der Waals surface area contributed by atoms with Crippen molar-refractivity contribution < 1.29 is 29.6 Å². The number of nitrogens with zero attached hydrogens (tertiary/aromatic N) is 1. The molecule has 8 heteroatoms. The number of aliphatic hydroxyl groups excluding tert-OH is 4. The number of benzene rings is 3. The number of hydrogen-bond donors (Lipinski definition) is 4. The van der Waals surface area contributed by atoms with Crippen LogP contribution in [0.3, 0.4) is 0 Å². The third-order valence-corrected chi connectivity index (χ3v) is 6.92. The van der Waals surface area contributed by atoms with Gasteiger partial charge in [-0.2, -0.15) is 0 Å². The average molecular weight is 486 g/mol. The van der Waals surface area contributed by atoms with Crippen LogP contribution in [0.4, 0.5) is 4.39 Å². The van der Waals surface area contributed by atoms with Crippen molar-refractivity contribution in [1.29, 1.82) is 0 Å². The number of fused-ring (bicyclic) bond motifs is 2. The molecule has 34 heavy (non-hydrogen) atoms. The van der Waals surface area contributed by atoms with E-state index in [1.54, 1.807) is 10.6 Å². The molecule has 1 aromatic heterocycles. The van der Waals surface area contributed by atoms with Gasteiger partial charge in [0, 0.05) is 11.6 Å². The van der Waals surface area contributed by atoms with Crippen LogP contribution in [-0.4, -0.2) is 56.0 Å². The molecule has 0 saturated carbocycles. The first kappa shape index (κ1) is 23.2. The number of aliphatic hydroxyl groups is 4. The molecule has 5 rings (SSSR count). The summed E-state index contributed by atoms with van der Waals surface area (Å²) in [6, 6.07) is 14.1. The zero-order chi connectivity index (χ0) is 24.1. The second kappa shape index (κ2) is 8.92. The third kappa shape index (κ3) is 3.88. The van der Waals surface area contributed by atoms with Crippen molar-refractivity contribution in [1.82, 2.24) is 4.57 Å². The van der Waals surface area contributed by atoms with Crippen molar-refractivity contribution in [2.45, 2.75) is 44.0 Å². The second-order valence-corrected chi connectivity index (χ2v) is 9.28. The molecule has 5 atom stereocenters. The van der Waals surface area contributed by atoms with E-state index in [4.69, 9.17) is 16.3 Å². The summed E-state index contributed by atoms with van der Waals surface area (Å²) < 4.78 is 21.1. The van der Waals surface area contributed by atoms with Gasteiger partial charge in [0.05, 0.1) is 17.1 Å². The highest BCUT2D eigenvalue weighted by Gasteiger charge is 2.44. The van der Waals surface area contributed by atoms with Crippen molar-refractivity contribution in [3.63, 3.8) is 0 Å². The monoisotopic (exact) mass is 485 g/mol. The van der Waals surface area contributed by atoms with Crippen LogP contribution in [0.25, 0.3) is 21.7 Å². The summed E-state index contributed by atoms with van der Waals surface area (Å²) in [7, 11) is 0. The minimum Gasteiger partial charge on any atom is -0.394 e. The number of ether oxygens (including phenoxy) is 1. The first-order chi connectivity index (χ1) is 16.3. The van der Waals surface area contributed by atoms with E-state index in [9.17, 15) is 24.8 Å². The Morgan fingerprint density at radius 2 is 1.71 bits per heavy atom. The molecule has 1 fully saturated rings. The Morgan fingerprint density at radius 3 is 2.47 bits per heavy atom. The fourth-order valence-electron chi connectivity index (χ4n) is 4.85. The fraction of sp³-hybridized carbons (Fsp3) is 0.308. The molecule has 2 heterocycles. The summed E-state index contributed by atoms with van der Waals surface area (Å²) in [6.07, 6.45) is -4.08. The fourth-order valence-corrected chi connectivity index (χ4v) is 5.12. The van der Waals surface area contributed by atoms with Gasteiger partial charge in [-0.3, -0.25) is 0 Å². The molecular formula is C26H25ClFNO5. The molecular weight excluding hydrogens is 461 g/mol. The van der Waals surface area contributed by atoms with E-state index < -0.39 is 37.3 Å². The van der Waals surface area contributed by atoms with E-state index in [2.05, 4.69) is 0 Å². The largest absolute Gasteiger partial charge is 0.394 e. The van der Waals surface area contributed by atoms with Crippen LogP contribution >= 0.6 is 11.6 Å². The first-order valence-corrected chi connectivity index (χ1v) is 11.4. The van der Waals surface area contributed by atoms with E-state index >= 15 is 0 Å². The van der Waals surface area contributed by atoms with Crippen LogP contribution < -0.4 is 0 Å². The zero-order valence-corrected chi connectivity index (χ0v) is 19.2. The maximum absolute atomic E-state index is 13.6. The molecule has 0 spiro atoms. The van der Waals surface area contributed by atoms with Crippen molar-refractivity contribution in [2.75, 3.05) is 6.61 Å². The predicted octanol–water partition coefficient (Wildman–Crippen LogP) is 3.46. The van der Waals surface area contributed by atoms with Crippen LogP contribution in [0, 0.1) is 12.7 Å². The predicted molar refractivity (Wildman–Crippen MR) is 127 cm³/mol. The average Bonchev–Trinajstić information content (AvgIpc) is 3.20. The van der Waals surface area contributed by atoms with Gasteiger partial charge in [-0.05, 0) is 59.0 Å². The number of halogens is 2. The lowest BCUT2D eigenvalue weighted by atomic mass is 9.98. The molecule has 0 aliphatic carbocycles. The Bertz CT molecular complexity index is 1370. The minimum atomic E-state index is -1.49. The Morgan fingerprint density at radius 1 is 0.971 bits per heavy atom. The molecule has 1 saturated heterocycles. The van der Waals surface area contributed by atoms with Gasteiger partial charge >= 0.3 is 0 Å². The molecule has 0 bridgehead atoms. The van der Waals surface area contributed by atoms with Gasteiger partial charge in [0.15, 0.2) is 6.23 Å². The van der Waals surface area contributed by atoms with E-state index in [0.717, 1.165) is 38.4 Å². The van der Waals surface area contributed by atoms with Gasteiger partial charge < -0.3 is 29.7 Å². The van der Waals surface area contributed by atoms with E-state index in [1.165, 1.54) is 12.1 Å². The van der Waals surface area contributed by atoms with Gasteiger partial charge in [-0.25, -0.2) is 4.39 Å². The van der Waals surface area contributed by atoms with Gasteiger partial charge in [-0.1, -0.05) is 41.9 Å². The maximum Gasteiger partial charge on any atom is 0.163 e. The molecule has 4 N–H and O–H groups in total. The molecule has 0 radical (unpaired) electrons. The summed E-state index contributed by atoms with van der Waals surface area (Å²) in [6.45, 7) is 1.40. The molecule has 178 valence electrons. The lowest BCUT2D eigenvalue weighted by Gasteiger charge is -2.40. The summed E-state index contributed by atoms with van der Waals surface area (Å²) in [5.41, 5.74) is 3.48. The van der Waals surface area contributed by atoms with Crippen LogP contribution in [0.5, 0.6) is 0 Å². The van der Waals surface area contributed by atoms with E-state index in [-0.39, 0.29) is 5.82 Å². The Balaban J connectivity index is 1.61. The number of aromatic nitrogens is 1. The number of aryl methyl sites for hydroxylation is 1. The standard InChI is InChI=1S/C26H25ClFNO5/c1-13-2-7-19(27)21-17(9-14-3-4-16-10-18(28)6-5-15(16)8-14)11-29(22(13)21)26-25(33)24(32)23(31)20(12-30)34-26/h2-8,10-11,20,23-26,30-33H,9,12H2,1H3/t20-,23-,24+,25-,26-/m1/s1. The molecule has 6 nitrogen and oxygen atoms in total. The van der Waals surface area contributed by atoms with E-state index in [0.29, 0.717) is 11.4 Å². The Kier molecular flexibility index (Phi) is 6.10. The third-order valence-electron chi connectivity index (χ3n) is 6.61. The SMILES string of the molecule is Cc1ccc(Cl)c2c(Cc3ccc4cc(F)ccc4c3)cn([C@@H]3O[C@H](CO)[C@@H](O)[C@H](O)[C@H]3O)c12. The zero-order valence-electron chi connectivity index (χ0n) is 18.4. The van der Waals surface area contributed by atoms with Crippen molar-refractivity contribution in [3.8, 4) is 0 Å². The van der Waals surface area contributed by atoms with Gasteiger partial charge in [-0.15, -0.1) is 0 Å². The van der Waals surface area contributed by atoms with Gasteiger partial charge in [0.25, 0.3) is 0 Å². The summed E-state index contributed by atoms with van der Waals surface area (Å²) in [4.78, 5) is 0. The van der Waals surface area contributed by atoms with Crippen molar-refractivity contribution >= 4 is 33.3 Å². The first-order valence-electron chi connectivity index (χ1n) is 11.1. The lowest BCUT2D eigenvalue weighted by molar-refractivity contribution is -0.250. The molecule has 3 aromatic carbocycles. The Labute approximate surface area is 200 Å². The summed E-state index contributed by atoms with van der Waals surface area (Å²) in [5, 5.41) is 43.9. The minimum absolute atomic E-state index is 0.287. The van der Waals surface area contributed by atoms with Crippen LogP contribution in [0.15, 0.2) is 54.7 Å². The molecule has 4 aromatic rings. The van der Waals surface area contributed by atoms with Crippen molar-refractivity contribution in [2.24, 2.45) is 0 Å². The smallest absolute Gasteiger partial charge is 0.163 e. The quantitative estimate of drug-likeness (QED) is 0.355. The van der Waals surface area contributed by atoms with Crippen LogP contribution in [-0.2, 0) is 11.2 Å².